The van der Waals surface area contributed by atoms with Gasteiger partial charge in [0.25, 0.3) is 0 Å². The van der Waals surface area contributed by atoms with Gasteiger partial charge in [-0.1, -0.05) is 0 Å². The van der Waals surface area contributed by atoms with Gasteiger partial charge >= 0.3 is 0 Å². The van der Waals surface area contributed by atoms with Crippen LogP contribution in [0.15, 0.2) is 4.99 Å². The Bertz CT molecular complexity index is 469. The molecule has 5 nitrogen and oxygen atoms in total. The van der Waals surface area contributed by atoms with E-state index in [2.05, 4.69) is 35.7 Å². The molecule has 0 aromatic heterocycles. The second kappa shape index (κ2) is 7.22. The Morgan fingerprint density at radius 2 is 1.95 bits per heavy atom. The lowest BCUT2D eigenvalue weighted by Gasteiger charge is -2.21. The van der Waals surface area contributed by atoms with Crippen LogP contribution >= 0.6 is 11.8 Å². The minimum Gasteiger partial charge on any atom is -0.357 e. The van der Waals surface area contributed by atoms with Crippen molar-refractivity contribution in [1.29, 1.82) is 0 Å². The summed E-state index contributed by atoms with van der Waals surface area (Å²) >= 11 is 1.79. The first-order valence-corrected chi connectivity index (χ1v) is 10.6. The maximum Gasteiger partial charge on any atom is 0.191 e. The standard InChI is InChI=1S/C14H29N3O2S2/c1-6-15-12(16-9-13(2,3)20-4)17-10-14(7-8-14)11-21(5,18)19/h6-11H2,1-5H3,(H2,15,16,17). The molecule has 0 bridgehead atoms. The van der Waals surface area contributed by atoms with Gasteiger partial charge in [-0.05, 0) is 39.9 Å². The third-order valence-corrected chi connectivity index (χ3v) is 6.04. The molecule has 0 aromatic rings. The van der Waals surface area contributed by atoms with E-state index >= 15 is 0 Å². The molecule has 0 aromatic carbocycles. The first kappa shape index (κ1) is 18.6. The summed E-state index contributed by atoms with van der Waals surface area (Å²) in [6.45, 7) is 8.55. The van der Waals surface area contributed by atoms with Gasteiger partial charge in [0.05, 0.1) is 12.3 Å². The largest absolute Gasteiger partial charge is 0.357 e. The molecule has 1 rings (SSSR count). The average molecular weight is 336 g/mol. The summed E-state index contributed by atoms with van der Waals surface area (Å²) < 4.78 is 23.1. The number of guanidine groups is 1. The third-order valence-electron chi connectivity index (χ3n) is 3.67. The molecule has 1 aliphatic rings. The second-order valence-corrected chi connectivity index (χ2v) is 10.2. The molecular formula is C14H29N3O2S2. The molecule has 0 saturated heterocycles. The van der Waals surface area contributed by atoms with Crippen LogP contribution in [0.4, 0.5) is 0 Å². The molecule has 1 aliphatic carbocycles. The highest BCUT2D eigenvalue weighted by molar-refractivity contribution is 7.99. The fourth-order valence-corrected chi connectivity index (χ4v) is 3.75. The van der Waals surface area contributed by atoms with Crippen LogP contribution in [0.1, 0.15) is 33.6 Å². The van der Waals surface area contributed by atoms with E-state index in [1.54, 1.807) is 11.8 Å². The number of thioether (sulfide) groups is 1. The number of nitrogens with one attached hydrogen (secondary N) is 2. The molecule has 2 N–H and O–H groups in total. The number of aliphatic imine (C=N–C) groups is 1. The van der Waals surface area contributed by atoms with Crippen molar-refractivity contribution in [2.45, 2.75) is 38.4 Å². The first-order valence-electron chi connectivity index (χ1n) is 7.36. The van der Waals surface area contributed by atoms with Gasteiger partial charge in [0.15, 0.2) is 5.96 Å². The highest BCUT2D eigenvalue weighted by atomic mass is 32.2. The van der Waals surface area contributed by atoms with E-state index in [1.807, 2.05) is 6.92 Å². The lowest BCUT2D eigenvalue weighted by molar-refractivity contribution is 0.529. The highest BCUT2D eigenvalue weighted by Gasteiger charge is 2.45. The Morgan fingerprint density at radius 3 is 2.38 bits per heavy atom. The van der Waals surface area contributed by atoms with Crippen LogP contribution in [-0.2, 0) is 9.84 Å². The number of hydrogen-bond acceptors (Lipinski definition) is 4. The molecule has 0 amide bonds. The molecule has 0 atom stereocenters. The van der Waals surface area contributed by atoms with E-state index in [0.29, 0.717) is 6.54 Å². The molecule has 0 heterocycles. The van der Waals surface area contributed by atoms with Gasteiger partial charge < -0.3 is 10.6 Å². The SMILES string of the molecule is CCNC(=NCC(C)(C)SC)NCC1(CS(C)(=O)=O)CC1. The number of hydrogen-bond donors (Lipinski definition) is 2. The summed E-state index contributed by atoms with van der Waals surface area (Å²) in [4.78, 5) is 4.61. The predicted molar refractivity (Wildman–Crippen MR) is 93.0 cm³/mol. The average Bonchev–Trinajstić information content (AvgIpc) is 3.10. The molecule has 21 heavy (non-hydrogen) atoms. The van der Waals surface area contributed by atoms with Crippen molar-refractivity contribution in [2.24, 2.45) is 10.4 Å². The minimum atomic E-state index is -2.92. The van der Waals surface area contributed by atoms with Crippen LogP contribution in [0.5, 0.6) is 0 Å². The normalized spacial score (nSPS) is 18.4. The van der Waals surface area contributed by atoms with E-state index in [1.165, 1.54) is 6.26 Å². The van der Waals surface area contributed by atoms with E-state index in [4.69, 9.17) is 0 Å². The van der Waals surface area contributed by atoms with Gasteiger partial charge in [-0.2, -0.15) is 11.8 Å². The van der Waals surface area contributed by atoms with Gasteiger partial charge in [-0.25, -0.2) is 8.42 Å². The molecule has 0 radical (unpaired) electrons. The number of sulfone groups is 1. The Morgan fingerprint density at radius 1 is 1.33 bits per heavy atom. The molecule has 0 aliphatic heterocycles. The van der Waals surface area contributed by atoms with Crippen LogP contribution in [-0.4, -0.2) is 57.0 Å². The monoisotopic (exact) mass is 335 g/mol. The summed E-state index contributed by atoms with van der Waals surface area (Å²) in [5.41, 5.74) is -0.0845. The maximum absolute atomic E-state index is 11.5. The molecule has 0 unspecified atom stereocenters. The quantitative estimate of drug-likeness (QED) is 0.520. The zero-order valence-electron chi connectivity index (χ0n) is 13.8. The summed E-state index contributed by atoms with van der Waals surface area (Å²) in [6.07, 6.45) is 5.35. The van der Waals surface area contributed by atoms with E-state index in [-0.39, 0.29) is 15.9 Å². The van der Waals surface area contributed by atoms with Crippen LogP contribution in [0.25, 0.3) is 0 Å². The molecule has 124 valence electrons. The van der Waals surface area contributed by atoms with Gasteiger partial charge in [0, 0.05) is 29.5 Å². The Labute approximate surface area is 133 Å². The third kappa shape index (κ3) is 7.40. The first-order chi connectivity index (χ1) is 9.61. The Balaban J connectivity index is 2.57. The molecular weight excluding hydrogens is 306 g/mol. The minimum absolute atomic E-state index is 0.0845. The fourth-order valence-electron chi connectivity index (χ4n) is 2.05. The maximum atomic E-state index is 11.5. The van der Waals surface area contributed by atoms with Gasteiger partial charge in [-0.3, -0.25) is 4.99 Å². The Kier molecular flexibility index (Phi) is 6.40. The predicted octanol–water partition coefficient (Wildman–Crippen LogP) is 1.51. The van der Waals surface area contributed by atoms with Gasteiger partial charge in [0.2, 0.25) is 0 Å². The van der Waals surface area contributed by atoms with Crippen LogP contribution < -0.4 is 10.6 Å². The molecule has 0 spiro atoms. The lowest BCUT2D eigenvalue weighted by atomic mass is 10.1. The number of rotatable bonds is 8. The molecule has 1 saturated carbocycles. The Hall–Kier alpha value is -0.430. The second-order valence-electron chi connectivity index (χ2n) is 6.58. The van der Waals surface area contributed by atoms with Crippen molar-refractivity contribution < 1.29 is 8.42 Å². The molecule has 1 fully saturated rings. The van der Waals surface area contributed by atoms with Crippen molar-refractivity contribution in [3.63, 3.8) is 0 Å². The zero-order valence-corrected chi connectivity index (χ0v) is 15.5. The van der Waals surface area contributed by atoms with Crippen molar-refractivity contribution in [3.05, 3.63) is 0 Å². The van der Waals surface area contributed by atoms with Gasteiger partial charge in [0.1, 0.15) is 9.84 Å². The van der Waals surface area contributed by atoms with E-state index in [0.717, 1.165) is 31.9 Å². The summed E-state index contributed by atoms with van der Waals surface area (Å²) in [5, 5.41) is 6.53. The van der Waals surface area contributed by atoms with Crippen LogP contribution in [0.3, 0.4) is 0 Å². The zero-order chi connectivity index (χ0) is 16.1. The molecule has 7 heteroatoms. The highest BCUT2D eigenvalue weighted by Crippen LogP contribution is 2.45. The summed E-state index contributed by atoms with van der Waals surface area (Å²) in [7, 11) is -2.92. The van der Waals surface area contributed by atoms with Crippen LogP contribution in [0, 0.1) is 5.41 Å². The van der Waals surface area contributed by atoms with Crippen molar-refractivity contribution in [2.75, 3.05) is 37.9 Å². The van der Waals surface area contributed by atoms with E-state index in [9.17, 15) is 8.42 Å². The fraction of sp³-hybridized carbons (Fsp3) is 0.929. The number of nitrogens with zero attached hydrogens (tertiary/aromatic N) is 1. The van der Waals surface area contributed by atoms with Crippen molar-refractivity contribution >= 4 is 27.6 Å². The smallest absolute Gasteiger partial charge is 0.191 e. The van der Waals surface area contributed by atoms with Crippen molar-refractivity contribution in [3.8, 4) is 0 Å². The van der Waals surface area contributed by atoms with Crippen LogP contribution in [0.2, 0.25) is 0 Å². The lowest BCUT2D eigenvalue weighted by Crippen LogP contribution is -2.42. The summed E-state index contributed by atoms with van der Waals surface area (Å²) in [5.74, 6) is 1.04. The van der Waals surface area contributed by atoms with E-state index < -0.39 is 9.84 Å². The van der Waals surface area contributed by atoms with Gasteiger partial charge in [-0.15, -0.1) is 0 Å². The summed E-state index contributed by atoms with van der Waals surface area (Å²) in [6, 6.07) is 0. The topological polar surface area (TPSA) is 70.6 Å². The van der Waals surface area contributed by atoms with Crippen molar-refractivity contribution in [1.82, 2.24) is 10.6 Å².